The first-order chi connectivity index (χ1) is 16.4. The minimum absolute atomic E-state index is 0.293. The van der Waals surface area contributed by atoms with Crippen LogP contribution in [0.5, 0.6) is 0 Å². The number of pyridine rings is 1. The molecule has 1 nitrogen and oxygen atoms in total. The molecule has 172 valence electrons. The topological polar surface area (TPSA) is 12.9 Å². The van der Waals surface area contributed by atoms with Gasteiger partial charge in [0.25, 0.3) is 0 Å². The zero-order valence-corrected chi connectivity index (χ0v) is 22.4. The predicted octanol–water partition coefficient (Wildman–Crippen LogP) is 9.07. The van der Waals surface area contributed by atoms with E-state index in [0.29, 0.717) is 25.8 Å². The van der Waals surface area contributed by atoms with Crippen molar-refractivity contribution in [1.29, 1.82) is 0 Å². The van der Waals surface area contributed by atoms with E-state index in [-0.39, 0.29) is 0 Å². The number of fused-ring (bicyclic) bond motifs is 4. The van der Waals surface area contributed by atoms with Gasteiger partial charge in [-0.2, -0.15) is 0 Å². The SMILES string of the molecule is CC(C)c1cc(-c2nccc3c2[se]c2cc(C4CCC(C)(C)CC4)ccc23)cc2ccccc12. The van der Waals surface area contributed by atoms with E-state index in [1.165, 1.54) is 68.3 Å². The normalized spacial score (nSPS) is 16.7. The average molecular weight is 511 g/mol. The molecule has 2 heterocycles. The number of rotatable bonds is 3. The van der Waals surface area contributed by atoms with Gasteiger partial charge in [-0.3, -0.25) is 0 Å². The molecule has 0 atom stereocenters. The van der Waals surface area contributed by atoms with Gasteiger partial charge in [0.05, 0.1) is 0 Å². The zero-order chi connectivity index (χ0) is 23.4. The molecular weight excluding hydrogens is 477 g/mol. The van der Waals surface area contributed by atoms with Gasteiger partial charge in [-0.25, -0.2) is 0 Å². The molecule has 1 aliphatic rings. The quantitative estimate of drug-likeness (QED) is 0.221. The van der Waals surface area contributed by atoms with Gasteiger partial charge < -0.3 is 0 Å². The standard InChI is InChI=1S/C32H33NSe/c1-20(2)28-18-24(17-23-7-5-6-8-25(23)28)30-31-27(13-16-33-30)26-10-9-22(19-29(26)34-31)21-11-14-32(3,4)15-12-21/h5-10,13,16-21H,11-12,14-15H2,1-4H3. The molecule has 34 heavy (non-hydrogen) atoms. The fraction of sp³-hybridized carbons (Fsp3) is 0.344. The van der Waals surface area contributed by atoms with Crippen LogP contribution in [0.1, 0.15) is 76.3 Å². The van der Waals surface area contributed by atoms with Crippen LogP contribution < -0.4 is 0 Å². The van der Waals surface area contributed by atoms with Crippen LogP contribution in [0.4, 0.5) is 0 Å². The van der Waals surface area contributed by atoms with E-state index in [2.05, 4.69) is 88.4 Å². The Hall–Kier alpha value is -2.41. The molecule has 0 radical (unpaired) electrons. The van der Waals surface area contributed by atoms with E-state index in [4.69, 9.17) is 4.98 Å². The minimum atomic E-state index is 0.293. The summed E-state index contributed by atoms with van der Waals surface area (Å²) in [6.45, 7) is 9.44. The summed E-state index contributed by atoms with van der Waals surface area (Å²) in [5.41, 5.74) is 5.94. The van der Waals surface area contributed by atoms with Crippen molar-refractivity contribution in [2.45, 2.75) is 65.2 Å². The molecular formula is C32H33NSe. The van der Waals surface area contributed by atoms with Crippen LogP contribution >= 0.6 is 0 Å². The summed E-state index contributed by atoms with van der Waals surface area (Å²) in [5.74, 6) is 1.21. The number of benzene rings is 3. The van der Waals surface area contributed by atoms with Crippen molar-refractivity contribution in [3.8, 4) is 11.3 Å². The number of aromatic nitrogens is 1. The molecule has 3 aromatic carbocycles. The van der Waals surface area contributed by atoms with Gasteiger partial charge in [0.1, 0.15) is 0 Å². The van der Waals surface area contributed by atoms with Gasteiger partial charge in [0.2, 0.25) is 0 Å². The third-order valence-corrected chi connectivity index (χ3v) is 10.5. The molecule has 1 fully saturated rings. The summed E-state index contributed by atoms with van der Waals surface area (Å²) in [6, 6.07) is 23.1. The third kappa shape index (κ3) is 3.82. The Morgan fingerprint density at radius 1 is 0.882 bits per heavy atom. The molecule has 0 spiro atoms. The first-order valence-electron chi connectivity index (χ1n) is 12.7. The van der Waals surface area contributed by atoms with E-state index in [1.54, 1.807) is 9.82 Å². The molecule has 0 N–H and O–H groups in total. The molecule has 6 rings (SSSR count). The molecule has 2 aromatic heterocycles. The molecule has 0 bridgehead atoms. The Morgan fingerprint density at radius 3 is 2.47 bits per heavy atom. The van der Waals surface area contributed by atoms with Crippen molar-refractivity contribution < 1.29 is 0 Å². The Balaban J connectivity index is 1.48. The van der Waals surface area contributed by atoms with E-state index in [1.807, 2.05) is 6.20 Å². The van der Waals surface area contributed by atoms with Gasteiger partial charge in [-0.1, -0.05) is 0 Å². The Bertz CT molecular complexity index is 1510. The first-order valence-corrected chi connectivity index (χ1v) is 14.5. The zero-order valence-electron chi connectivity index (χ0n) is 20.7. The number of hydrogen-bond acceptors (Lipinski definition) is 1. The molecule has 2 heteroatoms. The fourth-order valence-electron chi connectivity index (χ4n) is 5.87. The fourth-order valence-corrected chi connectivity index (χ4v) is 8.51. The van der Waals surface area contributed by atoms with Crippen LogP contribution in [0.25, 0.3) is 41.3 Å². The van der Waals surface area contributed by atoms with Gasteiger partial charge in [0.15, 0.2) is 0 Å². The van der Waals surface area contributed by atoms with Crippen molar-refractivity contribution in [3.05, 3.63) is 78.0 Å². The van der Waals surface area contributed by atoms with E-state index < -0.39 is 0 Å². The number of nitrogens with zero attached hydrogens (tertiary/aromatic N) is 1. The maximum absolute atomic E-state index is 4.95. The van der Waals surface area contributed by atoms with Crippen molar-refractivity contribution in [1.82, 2.24) is 4.98 Å². The average Bonchev–Trinajstić information content (AvgIpc) is 3.21. The van der Waals surface area contributed by atoms with Crippen LogP contribution in [0, 0.1) is 5.41 Å². The summed E-state index contributed by atoms with van der Waals surface area (Å²) < 4.78 is 3.00. The second kappa shape index (κ2) is 8.36. The molecule has 1 saturated carbocycles. The van der Waals surface area contributed by atoms with Gasteiger partial charge in [-0.15, -0.1) is 0 Å². The maximum atomic E-state index is 4.95. The van der Waals surface area contributed by atoms with Crippen molar-refractivity contribution in [2.75, 3.05) is 0 Å². The Kier molecular flexibility index (Phi) is 5.43. The van der Waals surface area contributed by atoms with Crippen LogP contribution in [0.15, 0.2) is 66.9 Å². The molecule has 0 aliphatic heterocycles. The van der Waals surface area contributed by atoms with Crippen LogP contribution in [0.3, 0.4) is 0 Å². The van der Waals surface area contributed by atoms with E-state index in [9.17, 15) is 0 Å². The van der Waals surface area contributed by atoms with Crippen LogP contribution in [-0.2, 0) is 0 Å². The summed E-state index contributed by atoms with van der Waals surface area (Å²) in [6.07, 6.45) is 7.35. The van der Waals surface area contributed by atoms with Crippen molar-refractivity contribution in [2.24, 2.45) is 5.41 Å². The molecule has 0 unspecified atom stereocenters. The molecule has 0 amide bonds. The molecule has 5 aromatic rings. The third-order valence-electron chi connectivity index (χ3n) is 8.01. The van der Waals surface area contributed by atoms with Crippen LogP contribution in [0.2, 0.25) is 0 Å². The summed E-state index contributed by atoms with van der Waals surface area (Å²) in [4.78, 5) is 4.95. The van der Waals surface area contributed by atoms with E-state index in [0.717, 1.165) is 5.92 Å². The monoisotopic (exact) mass is 511 g/mol. The van der Waals surface area contributed by atoms with Crippen molar-refractivity contribution in [3.63, 3.8) is 0 Å². The predicted molar refractivity (Wildman–Crippen MR) is 148 cm³/mol. The van der Waals surface area contributed by atoms with Crippen molar-refractivity contribution >= 4 is 44.6 Å². The second-order valence-corrected chi connectivity index (χ2v) is 13.5. The van der Waals surface area contributed by atoms with Gasteiger partial charge in [0, 0.05) is 0 Å². The Labute approximate surface area is 209 Å². The number of hydrogen-bond donors (Lipinski definition) is 0. The van der Waals surface area contributed by atoms with Crippen LogP contribution in [-0.4, -0.2) is 19.5 Å². The van der Waals surface area contributed by atoms with E-state index >= 15 is 0 Å². The molecule has 1 aliphatic carbocycles. The second-order valence-electron chi connectivity index (χ2n) is 11.3. The van der Waals surface area contributed by atoms with Gasteiger partial charge in [-0.05, 0) is 0 Å². The Morgan fingerprint density at radius 2 is 1.68 bits per heavy atom. The summed E-state index contributed by atoms with van der Waals surface area (Å²) in [5, 5.41) is 5.51. The summed E-state index contributed by atoms with van der Waals surface area (Å²) in [7, 11) is 0. The first kappa shape index (κ1) is 22.1. The molecule has 0 saturated heterocycles. The summed E-state index contributed by atoms with van der Waals surface area (Å²) >= 11 is 0.293. The van der Waals surface area contributed by atoms with Gasteiger partial charge >= 0.3 is 209 Å².